The molecule has 2 aromatic heterocycles. The molecule has 0 N–H and O–H groups in total. The zero-order valence-corrected chi connectivity index (χ0v) is 12.4. The number of pyridine rings is 2. The van der Waals surface area contributed by atoms with Gasteiger partial charge in [0.05, 0.1) is 22.8 Å². The van der Waals surface area contributed by atoms with Gasteiger partial charge in [-0.15, -0.1) is 0 Å². The highest BCUT2D eigenvalue weighted by Crippen LogP contribution is 2.20. The van der Waals surface area contributed by atoms with Crippen LogP contribution in [0.15, 0.2) is 36.7 Å². The number of halogens is 2. The van der Waals surface area contributed by atoms with Crippen molar-refractivity contribution in [3.8, 4) is 0 Å². The van der Waals surface area contributed by atoms with Crippen LogP contribution in [0.5, 0.6) is 0 Å². The number of amides is 1. The van der Waals surface area contributed by atoms with Crippen LogP contribution in [-0.4, -0.2) is 27.3 Å². The summed E-state index contributed by atoms with van der Waals surface area (Å²) in [5, 5.41) is 0.533. The first-order chi connectivity index (χ1) is 9.61. The fourth-order valence-electron chi connectivity index (χ4n) is 1.76. The summed E-state index contributed by atoms with van der Waals surface area (Å²) in [6.45, 7) is 2.87. The minimum atomic E-state index is -0.188. The first kappa shape index (κ1) is 14.8. The van der Waals surface area contributed by atoms with Crippen molar-refractivity contribution in [3.63, 3.8) is 0 Å². The number of carbonyl (C=O) groups excluding carboxylic acids is 1. The molecule has 2 heterocycles. The fourth-order valence-corrected chi connectivity index (χ4v) is 2.10. The van der Waals surface area contributed by atoms with E-state index in [9.17, 15) is 4.79 Å². The molecule has 0 saturated heterocycles. The minimum Gasteiger partial charge on any atom is -0.333 e. The first-order valence-corrected chi connectivity index (χ1v) is 6.87. The third kappa shape index (κ3) is 3.46. The van der Waals surface area contributed by atoms with Crippen LogP contribution >= 0.6 is 23.2 Å². The van der Waals surface area contributed by atoms with Gasteiger partial charge >= 0.3 is 0 Å². The molecule has 0 spiro atoms. The van der Waals surface area contributed by atoms with Crippen LogP contribution in [0.4, 0.5) is 0 Å². The molecule has 0 fully saturated rings. The van der Waals surface area contributed by atoms with Gasteiger partial charge < -0.3 is 4.90 Å². The van der Waals surface area contributed by atoms with Crippen LogP contribution in [0.2, 0.25) is 10.2 Å². The molecule has 104 valence electrons. The normalized spacial score (nSPS) is 10.3. The molecular weight excluding hydrogens is 297 g/mol. The SMILES string of the molecule is CCN(Cc1ccccn1)C(=O)c1cc(Cl)ncc1Cl. The second-order valence-electron chi connectivity index (χ2n) is 4.13. The van der Waals surface area contributed by atoms with E-state index < -0.39 is 0 Å². The first-order valence-electron chi connectivity index (χ1n) is 6.12. The number of rotatable bonds is 4. The Morgan fingerprint density at radius 2 is 2.10 bits per heavy atom. The van der Waals surface area contributed by atoms with Crippen LogP contribution in [0, 0.1) is 0 Å². The molecule has 2 aromatic rings. The van der Waals surface area contributed by atoms with E-state index in [1.54, 1.807) is 11.1 Å². The Morgan fingerprint density at radius 1 is 1.30 bits per heavy atom. The molecule has 0 radical (unpaired) electrons. The maximum Gasteiger partial charge on any atom is 0.255 e. The Hall–Kier alpha value is -1.65. The van der Waals surface area contributed by atoms with Gasteiger partial charge in [-0.1, -0.05) is 29.3 Å². The van der Waals surface area contributed by atoms with Gasteiger partial charge in [0, 0.05) is 18.9 Å². The smallest absolute Gasteiger partial charge is 0.255 e. The summed E-state index contributed by atoms with van der Waals surface area (Å²) in [4.78, 5) is 22.2. The van der Waals surface area contributed by atoms with E-state index in [-0.39, 0.29) is 11.1 Å². The van der Waals surface area contributed by atoms with Crippen molar-refractivity contribution >= 4 is 29.1 Å². The molecule has 0 aliphatic rings. The molecule has 0 unspecified atom stereocenters. The van der Waals surface area contributed by atoms with Gasteiger partial charge in [0.2, 0.25) is 0 Å². The molecule has 0 aromatic carbocycles. The Morgan fingerprint density at radius 3 is 2.75 bits per heavy atom. The van der Waals surface area contributed by atoms with Crippen LogP contribution < -0.4 is 0 Å². The molecule has 0 saturated carbocycles. The predicted octanol–water partition coefficient (Wildman–Crippen LogP) is 3.45. The van der Waals surface area contributed by atoms with Gasteiger partial charge in [-0.05, 0) is 25.1 Å². The molecule has 20 heavy (non-hydrogen) atoms. The fraction of sp³-hybridized carbons (Fsp3) is 0.214. The lowest BCUT2D eigenvalue weighted by atomic mass is 10.2. The van der Waals surface area contributed by atoms with Gasteiger partial charge in [0.25, 0.3) is 5.91 Å². The van der Waals surface area contributed by atoms with Crippen molar-refractivity contribution in [2.24, 2.45) is 0 Å². The summed E-state index contributed by atoms with van der Waals surface area (Å²) >= 11 is 11.8. The summed E-state index contributed by atoms with van der Waals surface area (Å²) in [5.41, 5.74) is 1.17. The lowest BCUT2D eigenvalue weighted by Gasteiger charge is -2.21. The minimum absolute atomic E-state index is 0.188. The van der Waals surface area contributed by atoms with E-state index in [0.717, 1.165) is 5.69 Å². The molecule has 0 aliphatic heterocycles. The van der Waals surface area contributed by atoms with E-state index in [1.807, 2.05) is 25.1 Å². The quantitative estimate of drug-likeness (QED) is 0.813. The largest absolute Gasteiger partial charge is 0.333 e. The number of hydrogen-bond donors (Lipinski definition) is 0. The van der Waals surface area contributed by atoms with Gasteiger partial charge in [0.15, 0.2) is 0 Å². The predicted molar refractivity (Wildman–Crippen MR) is 78.9 cm³/mol. The molecular formula is C14H13Cl2N3O. The van der Waals surface area contributed by atoms with E-state index in [2.05, 4.69) is 9.97 Å². The summed E-state index contributed by atoms with van der Waals surface area (Å²) in [6, 6.07) is 7.07. The Kier molecular flexibility index (Phi) is 4.93. The summed E-state index contributed by atoms with van der Waals surface area (Å²) in [6.07, 6.45) is 3.08. The molecule has 1 amide bonds. The lowest BCUT2D eigenvalue weighted by Crippen LogP contribution is -2.30. The highest BCUT2D eigenvalue weighted by Gasteiger charge is 2.18. The van der Waals surface area contributed by atoms with Crippen LogP contribution in [0.25, 0.3) is 0 Å². The van der Waals surface area contributed by atoms with Gasteiger partial charge in [-0.2, -0.15) is 0 Å². The zero-order chi connectivity index (χ0) is 14.5. The topological polar surface area (TPSA) is 46.1 Å². The Balaban J connectivity index is 2.23. The summed E-state index contributed by atoms with van der Waals surface area (Å²) in [7, 11) is 0. The van der Waals surface area contributed by atoms with Crippen LogP contribution in [0.1, 0.15) is 23.0 Å². The molecule has 2 rings (SSSR count). The molecule has 0 atom stereocenters. The van der Waals surface area contributed by atoms with E-state index in [1.165, 1.54) is 12.3 Å². The highest BCUT2D eigenvalue weighted by atomic mass is 35.5. The molecule has 6 heteroatoms. The number of nitrogens with zero attached hydrogens (tertiary/aromatic N) is 3. The summed E-state index contributed by atoms with van der Waals surface area (Å²) < 4.78 is 0. The molecule has 4 nitrogen and oxygen atoms in total. The summed E-state index contributed by atoms with van der Waals surface area (Å²) in [5.74, 6) is -0.188. The van der Waals surface area contributed by atoms with E-state index in [0.29, 0.717) is 23.7 Å². The maximum atomic E-state index is 12.5. The second kappa shape index (κ2) is 6.68. The highest BCUT2D eigenvalue weighted by molar-refractivity contribution is 6.35. The van der Waals surface area contributed by atoms with Crippen LogP contribution in [-0.2, 0) is 6.54 Å². The Bertz CT molecular complexity index is 605. The third-order valence-electron chi connectivity index (χ3n) is 2.80. The van der Waals surface area contributed by atoms with Crippen molar-refractivity contribution < 1.29 is 4.79 Å². The lowest BCUT2D eigenvalue weighted by molar-refractivity contribution is 0.0750. The average molecular weight is 310 g/mol. The van der Waals surface area contributed by atoms with Gasteiger partial charge in [0.1, 0.15) is 5.15 Å². The van der Waals surface area contributed by atoms with E-state index in [4.69, 9.17) is 23.2 Å². The zero-order valence-electron chi connectivity index (χ0n) is 10.9. The van der Waals surface area contributed by atoms with Crippen molar-refractivity contribution in [2.75, 3.05) is 6.54 Å². The van der Waals surface area contributed by atoms with Gasteiger partial charge in [-0.3, -0.25) is 9.78 Å². The van der Waals surface area contributed by atoms with E-state index >= 15 is 0 Å². The van der Waals surface area contributed by atoms with Crippen molar-refractivity contribution in [2.45, 2.75) is 13.5 Å². The average Bonchev–Trinajstić information content (AvgIpc) is 2.47. The number of hydrogen-bond acceptors (Lipinski definition) is 3. The van der Waals surface area contributed by atoms with Crippen LogP contribution in [0.3, 0.4) is 0 Å². The molecule has 0 aliphatic carbocycles. The Labute approximate surface area is 127 Å². The molecule has 0 bridgehead atoms. The standard InChI is InChI=1S/C14H13Cl2N3O/c1-2-19(9-10-5-3-4-6-17-10)14(20)11-7-13(16)18-8-12(11)15/h3-8H,2,9H2,1H3. The van der Waals surface area contributed by atoms with Crippen molar-refractivity contribution in [3.05, 3.63) is 58.1 Å². The number of aromatic nitrogens is 2. The van der Waals surface area contributed by atoms with Crippen molar-refractivity contribution in [1.82, 2.24) is 14.9 Å². The van der Waals surface area contributed by atoms with Gasteiger partial charge in [-0.25, -0.2) is 4.98 Å². The van der Waals surface area contributed by atoms with Crippen molar-refractivity contribution in [1.29, 1.82) is 0 Å². The number of carbonyl (C=O) groups is 1. The maximum absolute atomic E-state index is 12.5. The second-order valence-corrected chi connectivity index (χ2v) is 4.92. The monoisotopic (exact) mass is 309 g/mol. The third-order valence-corrected chi connectivity index (χ3v) is 3.31.